The zero-order chi connectivity index (χ0) is 21.7. The maximum absolute atomic E-state index is 11.1. The van der Waals surface area contributed by atoms with Crippen LogP contribution in [-0.2, 0) is 0 Å². The molecule has 0 aliphatic heterocycles. The molecule has 0 aromatic heterocycles. The molecule has 0 heterocycles. The van der Waals surface area contributed by atoms with Crippen molar-refractivity contribution < 1.29 is 10.2 Å². The first-order valence-electron chi connectivity index (χ1n) is 14.2. The van der Waals surface area contributed by atoms with Crippen LogP contribution in [0.4, 0.5) is 0 Å². The summed E-state index contributed by atoms with van der Waals surface area (Å²) < 4.78 is 0. The topological polar surface area (TPSA) is 40.5 Å². The van der Waals surface area contributed by atoms with E-state index in [9.17, 15) is 10.2 Å². The summed E-state index contributed by atoms with van der Waals surface area (Å²) in [5.74, 6) is 4.49. The molecular formula is C29H50O2. The Kier molecular flexibility index (Phi) is 6.30. The van der Waals surface area contributed by atoms with Crippen molar-refractivity contribution >= 4 is 0 Å². The van der Waals surface area contributed by atoms with Gasteiger partial charge < -0.3 is 10.2 Å². The minimum atomic E-state index is -0.342. The Morgan fingerprint density at radius 2 is 1.45 bits per heavy atom. The third-order valence-corrected chi connectivity index (χ3v) is 12.1. The quantitative estimate of drug-likeness (QED) is 0.461. The molecule has 0 amide bonds. The zero-order valence-corrected chi connectivity index (χ0v) is 20.6. The van der Waals surface area contributed by atoms with Crippen LogP contribution in [0, 0.1) is 40.4 Å². The average Bonchev–Trinajstić information content (AvgIpc) is 2.92. The summed E-state index contributed by atoms with van der Waals surface area (Å²) >= 11 is 0. The Bertz CT molecular complexity index is 622. The molecule has 5 aliphatic carbocycles. The van der Waals surface area contributed by atoms with Crippen LogP contribution >= 0.6 is 0 Å². The van der Waals surface area contributed by atoms with Gasteiger partial charge in [-0.15, -0.1) is 0 Å². The fourth-order valence-electron chi connectivity index (χ4n) is 10.1. The highest BCUT2D eigenvalue weighted by atomic mass is 16.3. The smallest absolute Gasteiger partial charge is 0.0647 e. The van der Waals surface area contributed by atoms with Gasteiger partial charge in [-0.25, -0.2) is 0 Å². The van der Waals surface area contributed by atoms with Crippen LogP contribution in [-0.4, -0.2) is 21.9 Å². The SMILES string of the molecule is CC12CCC3C(CCC4CC(O)CCC43C)C1CCC2CCCC1(O)CCCCCC1. The van der Waals surface area contributed by atoms with E-state index in [1.165, 1.54) is 83.5 Å². The molecule has 31 heavy (non-hydrogen) atoms. The molecule has 5 rings (SSSR count). The molecule has 0 spiro atoms. The second-order valence-electron chi connectivity index (χ2n) is 13.4. The molecule has 0 aromatic carbocycles. The van der Waals surface area contributed by atoms with Gasteiger partial charge in [0.15, 0.2) is 0 Å². The molecule has 0 bridgehead atoms. The summed E-state index contributed by atoms with van der Waals surface area (Å²) in [5.41, 5.74) is 0.723. The number of aliphatic hydroxyl groups excluding tert-OH is 1. The van der Waals surface area contributed by atoms with Crippen molar-refractivity contribution in [3.05, 3.63) is 0 Å². The van der Waals surface area contributed by atoms with Crippen molar-refractivity contribution in [3.63, 3.8) is 0 Å². The van der Waals surface area contributed by atoms with Gasteiger partial charge in [0.05, 0.1) is 11.7 Å². The van der Waals surface area contributed by atoms with Gasteiger partial charge in [0.25, 0.3) is 0 Å². The summed E-state index contributed by atoms with van der Waals surface area (Å²) in [6, 6.07) is 0. The van der Waals surface area contributed by atoms with Crippen molar-refractivity contribution in [2.45, 2.75) is 141 Å². The predicted molar refractivity (Wildman–Crippen MR) is 128 cm³/mol. The molecule has 0 aromatic rings. The second-order valence-corrected chi connectivity index (χ2v) is 13.4. The number of hydrogen-bond donors (Lipinski definition) is 2. The molecular weight excluding hydrogens is 380 g/mol. The molecule has 178 valence electrons. The molecule has 5 aliphatic rings. The lowest BCUT2D eigenvalue weighted by Crippen LogP contribution is -2.53. The first-order valence-corrected chi connectivity index (χ1v) is 14.2. The van der Waals surface area contributed by atoms with Crippen LogP contribution in [0.3, 0.4) is 0 Å². The van der Waals surface area contributed by atoms with Crippen LogP contribution in [0.25, 0.3) is 0 Å². The van der Waals surface area contributed by atoms with E-state index in [0.717, 1.165) is 61.7 Å². The van der Waals surface area contributed by atoms with Gasteiger partial charge in [-0.05, 0) is 124 Å². The molecule has 2 nitrogen and oxygen atoms in total. The lowest BCUT2D eigenvalue weighted by Gasteiger charge is -2.61. The van der Waals surface area contributed by atoms with E-state index in [1.54, 1.807) is 0 Å². The second kappa shape index (κ2) is 8.61. The molecule has 8 atom stereocenters. The minimum Gasteiger partial charge on any atom is -0.393 e. The number of rotatable bonds is 4. The van der Waals surface area contributed by atoms with Gasteiger partial charge in [0.2, 0.25) is 0 Å². The molecule has 2 heteroatoms. The largest absolute Gasteiger partial charge is 0.393 e. The maximum atomic E-state index is 11.1. The highest BCUT2D eigenvalue weighted by Crippen LogP contribution is 2.68. The molecule has 5 fully saturated rings. The van der Waals surface area contributed by atoms with Gasteiger partial charge in [-0.3, -0.25) is 0 Å². The molecule has 0 radical (unpaired) electrons. The van der Waals surface area contributed by atoms with E-state index in [4.69, 9.17) is 0 Å². The first-order chi connectivity index (χ1) is 14.8. The van der Waals surface area contributed by atoms with E-state index < -0.39 is 0 Å². The fraction of sp³-hybridized carbons (Fsp3) is 1.00. The summed E-state index contributed by atoms with van der Waals surface area (Å²) in [7, 11) is 0. The Morgan fingerprint density at radius 1 is 0.742 bits per heavy atom. The van der Waals surface area contributed by atoms with Crippen LogP contribution < -0.4 is 0 Å². The normalized spacial score (nSPS) is 49.5. The Balaban J connectivity index is 1.22. The predicted octanol–water partition coefficient (Wildman–Crippen LogP) is 7.26. The van der Waals surface area contributed by atoms with Crippen LogP contribution in [0.1, 0.15) is 129 Å². The van der Waals surface area contributed by atoms with Crippen LogP contribution in [0.5, 0.6) is 0 Å². The molecule has 2 N–H and O–H groups in total. The van der Waals surface area contributed by atoms with Gasteiger partial charge in [0.1, 0.15) is 0 Å². The third-order valence-electron chi connectivity index (χ3n) is 12.1. The Labute approximate surface area is 192 Å². The van der Waals surface area contributed by atoms with E-state index in [1.807, 2.05) is 0 Å². The van der Waals surface area contributed by atoms with E-state index in [2.05, 4.69) is 13.8 Å². The lowest BCUT2D eigenvalue weighted by atomic mass is 9.44. The molecule has 0 saturated heterocycles. The van der Waals surface area contributed by atoms with E-state index in [0.29, 0.717) is 10.8 Å². The van der Waals surface area contributed by atoms with Gasteiger partial charge in [-0.1, -0.05) is 46.0 Å². The zero-order valence-electron chi connectivity index (χ0n) is 20.6. The summed E-state index contributed by atoms with van der Waals surface area (Å²) in [6.07, 6.45) is 22.9. The lowest BCUT2D eigenvalue weighted by molar-refractivity contribution is -0.127. The molecule has 5 saturated carbocycles. The number of fused-ring (bicyclic) bond motifs is 5. The summed E-state index contributed by atoms with van der Waals surface area (Å²) in [4.78, 5) is 0. The highest BCUT2D eigenvalue weighted by Gasteiger charge is 2.59. The summed E-state index contributed by atoms with van der Waals surface area (Å²) in [6.45, 7) is 5.29. The molecule has 8 unspecified atom stereocenters. The summed E-state index contributed by atoms with van der Waals surface area (Å²) in [5, 5.41) is 21.4. The first kappa shape index (κ1) is 22.7. The number of hydrogen-bond acceptors (Lipinski definition) is 2. The van der Waals surface area contributed by atoms with Crippen molar-refractivity contribution in [2.24, 2.45) is 40.4 Å². The van der Waals surface area contributed by atoms with Crippen LogP contribution in [0.15, 0.2) is 0 Å². The van der Waals surface area contributed by atoms with Crippen molar-refractivity contribution in [1.29, 1.82) is 0 Å². The minimum absolute atomic E-state index is 0.0254. The van der Waals surface area contributed by atoms with E-state index in [-0.39, 0.29) is 11.7 Å². The average molecular weight is 431 g/mol. The van der Waals surface area contributed by atoms with Crippen molar-refractivity contribution in [3.8, 4) is 0 Å². The van der Waals surface area contributed by atoms with Crippen molar-refractivity contribution in [1.82, 2.24) is 0 Å². The van der Waals surface area contributed by atoms with Crippen LogP contribution in [0.2, 0.25) is 0 Å². The Morgan fingerprint density at radius 3 is 2.23 bits per heavy atom. The fourth-order valence-corrected chi connectivity index (χ4v) is 10.1. The standard InChI is InChI=1S/C29H50O2/c1-27-19-14-26-24(11-9-22-20-23(30)13-18-28(22,26)2)25(27)12-10-21(27)8-7-17-29(31)15-5-3-4-6-16-29/h21-26,30-31H,3-20H2,1-2H3. The Hall–Kier alpha value is -0.0800. The van der Waals surface area contributed by atoms with Crippen molar-refractivity contribution in [2.75, 3.05) is 0 Å². The highest BCUT2D eigenvalue weighted by molar-refractivity contribution is 5.09. The monoisotopic (exact) mass is 430 g/mol. The third kappa shape index (κ3) is 4.05. The van der Waals surface area contributed by atoms with Gasteiger partial charge in [0, 0.05) is 0 Å². The van der Waals surface area contributed by atoms with E-state index >= 15 is 0 Å². The van der Waals surface area contributed by atoms with Gasteiger partial charge >= 0.3 is 0 Å². The number of aliphatic hydroxyl groups is 2. The van der Waals surface area contributed by atoms with Gasteiger partial charge in [-0.2, -0.15) is 0 Å². The maximum Gasteiger partial charge on any atom is 0.0647 e.